The Bertz CT molecular complexity index is 399. The van der Waals surface area contributed by atoms with Gasteiger partial charge in [0.2, 0.25) is 0 Å². The molecule has 0 heterocycles. The van der Waals surface area contributed by atoms with Crippen LogP contribution in [0, 0.1) is 9.49 Å². The third-order valence-corrected chi connectivity index (χ3v) is 4.36. The monoisotopic (exact) mass is 358 g/mol. The van der Waals surface area contributed by atoms with Crippen LogP contribution in [-0.2, 0) is 0 Å². The van der Waals surface area contributed by atoms with Crippen LogP contribution in [0.5, 0.6) is 0 Å². The van der Waals surface area contributed by atoms with E-state index >= 15 is 0 Å². The predicted octanol–water partition coefficient (Wildman–Crippen LogP) is 2.54. The number of amides is 1. The number of hydrogen-bond acceptors (Lipinski definition) is 2. The SMILES string of the molecule is NCC(NC(=O)c1ccc(I)cc1)C1CCCC1. The first kappa shape index (κ1) is 13.8. The Balaban J connectivity index is 1.98. The molecule has 3 nitrogen and oxygen atoms in total. The fourth-order valence-corrected chi connectivity index (χ4v) is 2.94. The lowest BCUT2D eigenvalue weighted by molar-refractivity contribution is 0.0924. The van der Waals surface area contributed by atoms with Gasteiger partial charge in [0.15, 0.2) is 0 Å². The summed E-state index contributed by atoms with van der Waals surface area (Å²) in [5, 5.41) is 3.08. The molecule has 1 unspecified atom stereocenters. The molecule has 2 rings (SSSR count). The van der Waals surface area contributed by atoms with Crippen LogP contribution in [-0.4, -0.2) is 18.5 Å². The molecule has 18 heavy (non-hydrogen) atoms. The molecule has 1 aliphatic carbocycles. The number of hydrogen-bond donors (Lipinski definition) is 2. The van der Waals surface area contributed by atoms with Crippen LogP contribution in [0.3, 0.4) is 0 Å². The van der Waals surface area contributed by atoms with Crippen molar-refractivity contribution in [3.8, 4) is 0 Å². The molecule has 1 saturated carbocycles. The van der Waals surface area contributed by atoms with Gasteiger partial charge in [-0.25, -0.2) is 0 Å². The molecular formula is C14H19IN2O. The van der Waals surface area contributed by atoms with Crippen LogP contribution in [0.15, 0.2) is 24.3 Å². The number of nitrogens with two attached hydrogens (primary N) is 1. The normalized spacial score (nSPS) is 17.7. The predicted molar refractivity (Wildman–Crippen MR) is 81.4 cm³/mol. The van der Waals surface area contributed by atoms with Gasteiger partial charge in [0.05, 0.1) is 0 Å². The summed E-state index contributed by atoms with van der Waals surface area (Å²) < 4.78 is 1.13. The quantitative estimate of drug-likeness (QED) is 0.813. The van der Waals surface area contributed by atoms with E-state index in [4.69, 9.17) is 5.73 Å². The highest BCUT2D eigenvalue weighted by Crippen LogP contribution is 2.27. The molecule has 1 aromatic rings. The third kappa shape index (κ3) is 3.45. The molecule has 1 aliphatic rings. The minimum absolute atomic E-state index is 0.00579. The van der Waals surface area contributed by atoms with Crippen LogP contribution < -0.4 is 11.1 Å². The smallest absolute Gasteiger partial charge is 0.251 e. The molecule has 1 aromatic carbocycles. The van der Waals surface area contributed by atoms with Gasteiger partial charge in [-0.3, -0.25) is 4.79 Å². The van der Waals surface area contributed by atoms with Crippen LogP contribution in [0.4, 0.5) is 0 Å². The second-order valence-corrected chi connectivity index (χ2v) is 6.11. The number of carbonyl (C=O) groups excluding carboxylic acids is 1. The minimum atomic E-state index is -0.00579. The summed E-state index contributed by atoms with van der Waals surface area (Å²) in [4.78, 5) is 12.1. The standard InChI is InChI=1S/C14H19IN2O/c15-12-7-5-11(6-8-12)14(18)17-13(9-16)10-3-1-2-4-10/h5-8,10,13H,1-4,9,16H2,(H,17,18). The van der Waals surface area contributed by atoms with Gasteiger partial charge < -0.3 is 11.1 Å². The Hall–Kier alpha value is -0.620. The van der Waals surface area contributed by atoms with E-state index in [1.54, 1.807) is 0 Å². The first-order chi connectivity index (χ1) is 8.70. The van der Waals surface area contributed by atoms with E-state index in [0.29, 0.717) is 18.0 Å². The Kier molecular flexibility index (Phi) is 5.00. The lowest BCUT2D eigenvalue weighted by atomic mass is 9.98. The van der Waals surface area contributed by atoms with Crippen molar-refractivity contribution in [2.24, 2.45) is 11.7 Å². The Morgan fingerprint density at radius 1 is 1.33 bits per heavy atom. The highest BCUT2D eigenvalue weighted by atomic mass is 127. The number of carbonyl (C=O) groups is 1. The molecule has 0 radical (unpaired) electrons. The van der Waals surface area contributed by atoms with E-state index in [9.17, 15) is 4.79 Å². The molecule has 0 bridgehead atoms. The zero-order valence-corrected chi connectivity index (χ0v) is 12.5. The van der Waals surface area contributed by atoms with Crippen LogP contribution in [0.2, 0.25) is 0 Å². The maximum absolute atomic E-state index is 12.1. The summed E-state index contributed by atoms with van der Waals surface area (Å²) >= 11 is 2.23. The summed E-state index contributed by atoms with van der Waals surface area (Å²) in [6, 6.07) is 7.74. The van der Waals surface area contributed by atoms with Crippen LogP contribution in [0.25, 0.3) is 0 Å². The topological polar surface area (TPSA) is 55.1 Å². The fourth-order valence-electron chi connectivity index (χ4n) is 2.58. The van der Waals surface area contributed by atoms with Gasteiger partial charge in [0, 0.05) is 21.7 Å². The molecule has 3 N–H and O–H groups in total. The molecule has 4 heteroatoms. The highest BCUT2D eigenvalue weighted by molar-refractivity contribution is 14.1. The maximum Gasteiger partial charge on any atom is 0.251 e. The average molecular weight is 358 g/mol. The Labute approximate surface area is 122 Å². The number of rotatable bonds is 4. The van der Waals surface area contributed by atoms with Gasteiger partial charge >= 0.3 is 0 Å². The zero-order valence-electron chi connectivity index (χ0n) is 10.4. The molecule has 0 spiro atoms. The van der Waals surface area contributed by atoms with Crippen molar-refractivity contribution < 1.29 is 4.79 Å². The molecule has 0 aliphatic heterocycles. The molecule has 98 valence electrons. The Morgan fingerprint density at radius 3 is 2.50 bits per heavy atom. The summed E-state index contributed by atoms with van der Waals surface area (Å²) in [5.74, 6) is 0.552. The van der Waals surface area contributed by atoms with Gasteiger partial charge in [-0.05, 0) is 65.6 Å². The first-order valence-electron chi connectivity index (χ1n) is 6.47. The van der Waals surface area contributed by atoms with E-state index < -0.39 is 0 Å². The van der Waals surface area contributed by atoms with E-state index in [2.05, 4.69) is 27.9 Å². The lowest BCUT2D eigenvalue weighted by Crippen LogP contribution is -2.44. The van der Waals surface area contributed by atoms with Gasteiger partial charge in [-0.1, -0.05) is 12.8 Å². The van der Waals surface area contributed by atoms with E-state index in [-0.39, 0.29) is 11.9 Å². The molecule has 1 amide bonds. The molecule has 0 saturated heterocycles. The van der Waals surface area contributed by atoms with Crippen molar-refractivity contribution in [3.63, 3.8) is 0 Å². The van der Waals surface area contributed by atoms with Crippen molar-refractivity contribution in [2.75, 3.05) is 6.54 Å². The van der Waals surface area contributed by atoms with E-state index in [0.717, 1.165) is 3.57 Å². The second kappa shape index (κ2) is 6.52. The maximum atomic E-state index is 12.1. The van der Waals surface area contributed by atoms with Crippen molar-refractivity contribution in [3.05, 3.63) is 33.4 Å². The molecular weight excluding hydrogens is 339 g/mol. The second-order valence-electron chi connectivity index (χ2n) is 4.87. The Morgan fingerprint density at radius 2 is 1.94 bits per heavy atom. The summed E-state index contributed by atoms with van der Waals surface area (Å²) in [6.45, 7) is 0.529. The van der Waals surface area contributed by atoms with E-state index in [1.165, 1.54) is 25.7 Å². The minimum Gasteiger partial charge on any atom is -0.348 e. The summed E-state index contributed by atoms with van der Waals surface area (Å²) in [5.41, 5.74) is 6.50. The average Bonchev–Trinajstić information content (AvgIpc) is 2.90. The van der Waals surface area contributed by atoms with Gasteiger partial charge in [0.1, 0.15) is 0 Å². The van der Waals surface area contributed by atoms with E-state index in [1.807, 2.05) is 24.3 Å². The number of benzene rings is 1. The lowest BCUT2D eigenvalue weighted by Gasteiger charge is -2.23. The van der Waals surface area contributed by atoms with Crippen molar-refractivity contribution in [1.29, 1.82) is 0 Å². The number of halogens is 1. The highest BCUT2D eigenvalue weighted by Gasteiger charge is 2.25. The van der Waals surface area contributed by atoms with Gasteiger partial charge in [-0.2, -0.15) is 0 Å². The number of nitrogens with one attached hydrogen (secondary N) is 1. The molecule has 1 fully saturated rings. The largest absolute Gasteiger partial charge is 0.348 e. The molecule has 0 aromatic heterocycles. The zero-order chi connectivity index (χ0) is 13.0. The van der Waals surface area contributed by atoms with Crippen molar-refractivity contribution in [2.45, 2.75) is 31.7 Å². The van der Waals surface area contributed by atoms with Crippen molar-refractivity contribution in [1.82, 2.24) is 5.32 Å². The van der Waals surface area contributed by atoms with Crippen molar-refractivity contribution >= 4 is 28.5 Å². The first-order valence-corrected chi connectivity index (χ1v) is 7.55. The fraction of sp³-hybridized carbons (Fsp3) is 0.500. The van der Waals surface area contributed by atoms with Gasteiger partial charge in [0.25, 0.3) is 5.91 Å². The van der Waals surface area contributed by atoms with Gasteiger partial charge in [-0.15, -0.1) is 0 Å². The summed E-state index contributed by atoms with van der Waals surface area (Å²) in [6.07, 6.45) is 4.91. The molecule has 1 atom stereocenters. The van der Waals surface area contributed by atoms with Crippen LogP contribution >= 0.6 is 22.6 Å². The summed E-state index contributed by atoms with van der Waals surface area (Å²) in [7, 11) is 0. The third-order valence-electron chi connectivity index (χ3n) is 3.65. The van der Waals surface area contributed by atoms with Crippen LogP contribution in [0.1, 0.15) is 36.0 Å².